The minimum atomic E-state index is -2.23. The number of amides is 2. The van der Waals surface area contributed by atoms with Crippen molar-refractivity contribution >= 4 is 45.7 Å². The Kier molecular flexibility index (Phi) is 9.33. The zero-order valence-electron chi connectivity index (χ0n) is 20.3. The van der Waals surface area contributed by atoms with Crippen molar-refractivity contribution in [3.05, 3.63) is 105 Å². The molecule has 3 N–H and O–H groups in total. The number of carboxylic acids is 1. The summed E-state index contributed by atoms with van der Waals surface area (Å²) in [4.78, 5) is 63.0. The molecule has 2 amide bonds. The van der Waals surface area contributed by atoms with Gasteiger partial charge in [0.15, 0.2) is 0 Å². The fourth-order valence-corrected chi connectivity index (χ4v) is 3.53. The van der Waals surface area contributed by atoms with Gasteiger partial charge in [-0.3, -0.25) is 20.4 Å². The van der Waals surface area contributed by atoms with E-state index in [0.29, 0.717) is 11.1 Å². The number of hydrogen-bond acceptors (Lipinski definition) is 7. The van der Waals surface area contributed by atoms with E-state index in [1.54, 1.807) is 50.2 Å². The monoisotopic (exact) mass is 582 g/mol. The number of rotatable bonds is 8. The van der Waals surface area contributed by atoms with Gasteiger partial charge in [-0.1, -0.05) is 51.3 Å². The first-order valence-corrected chi connectivity index (χ1v) is 12.0. The van der Waals surface area contributed by atoms with Crippen molar-refractivity contribution in [3.8, 4) is 0 Å². The van der Waals surface area contributed by atoms with E-state index in [-0.39, 0.29) is 16.7 Å². The summed E-state index contributed by atoms with van der Waals surface area (Å²) in [7, 11) is 0. The molecule has 0 saturated carbocycles. The van der Waals surface area contributed by atoms with Gasteiger partial charge in [0.1, 0.15) is 0 Å². The van der Waals surface area contributed by atoms with E-state index >= 15 is 0 Å². The van der Waals surface area contributed by atoms with Crippen LogP contribution in [0, 0.1) is 13.8 Å². The van der Waals surface area contributed by atoms with E-state index in [1.165, 1.54) is 36.4 Å². The van der Waals surface area contributed by atoms with Gasteiger partial charge >= 0.3 is 17.9 Å². The Labute approximate surface area is 226 Å². The van der Waals surface area contributed by atoms with Crippen LogP contribution in [-0.4, -0.2) is 47.0 Å². The first-order chi connectivity index (χ1) is 18.0. The second kappa shape index (κ2) is 12.6. The molecule has 0 saturated heterocycles. The number of ether oxygens (including phenoxy) is 2. The van der Waals surface area contributed by atoms with E-state index in [1.807, 2.05) is 5.43 Å². The van der Waals surface area contributed by atoms with Gasteiger partial charge < -0.3 is 14.6 Å². The SMILES string of the molecule is Cc1cccc(C(=O)O[C@H](C(=O)NNC(=O)c2ccc(Br)cc2)[C@@H](OC(=O)c2cccc(C)c2)C(=O)O)c1. The number of esters is 2. The molecule has 196 valence electrons. The summed E-state index contributed by atoms with van der Waals surface area (Å²) >= 11 is 3.25. The summed E-state index contributed by atoms with van der Waals surface area (Å²) in [5, 5.41) is 9.81. The maximum absolute atomic E-state index is 13.0. The molecule has 2 atom stereocenters. The van der Waals surface area contributed by atoms with Crippen LogP contribution in [0.25, 0.3) is 0 Å². The molecule has 11 heteroatoms. The molecule has 38 heavy (non-hydrogen) atoms. The molecule has 0 heterocycles. The number of benzene rings is 3. The number of carbonyl (C=O) groups is 5. The minimum Gasteiger partial charge on any atom is -0.478 e. The average molecular weight is 583 g/mol. The third kappa shape index (κ3) is 7.50. The highest BCUT2D eigenvalue weighted by Crippen LogP contribution is 2.15. The van der Waals surface area contributed by atoms with Crippen molar-refractivity contribution in [3.63, 3.8) is 0 Å². The number of hydrogen-bond donors (Lipinski definition) is 3. The van der Waals surface area contributed by atoms with Crippen molar-refractivity contribution in [2.24, 2.45) is 0 Å². The lowest BCUT2D eigenvalue weighted by molar-refractivity contribution is -0.159. The van der Waals surface area contributed by atoms with E-state index < -0.39 is 41.9 Å². The van der Waals surface area contributed by atoms with Crippen LogP contribution in [0.4, 0.5) is 0 Å². The maximum atomic E-state index is 13.0. The summed E-state index contributed by atoms with van der Waals surface area (Å²) in [5.74, 6) is -5.79. The normalized spacial score (nSPS) is 12.0. The predicted molar refractivity (Wildman–Crippen MR) is 138 cm³/mol. The Hall–Kier alpha value is -4.51. The lowest BCUT2D eigenvalue weighted by atomic mass is 10.1. The van der Waals surface area contributed by atoms with Crippen LogP contribution in [0.2, 0.25) is 0 Å². The third-order valence-corrected chi connectivity index (χ3v) is 5.69. The average Bonchev–Trinajstić information content (AvgIpc) is 2.89. The molecule has 0 bridgehead atoms. The Morgan fingerprint density at radius 3 is 1.68 bits per heavy atom. The highest BCUT2D eigenvalue weighted by atomic mass is 79.9. The van der Waals surface area contributed by atoms with Gasteiger partial charge in [0.2, 0.25) is 12.2 Å². The quantitative estimate of drug-likeness (QED) is 0.270. The molecule has 0 aliphatic carbocycles. The van der Waals surface area contributed by atoms with E-state index in [0.717, 1.165) is 4.47 Å². The van der Waals surface area contributed by atoms with Crippen LogP contribution >= 0.6 is 15.9 Å². The first kappa shape index (κ1) is 28.1. The van der Waals surface area contributed by atoms with Gasteiger partial charge in [0.25, 0.3) is 11.8 Å². The number of nitrogens with one attached hydrogen (secondary N) is 2. The van der Waals surface area contributed by atoms with E-state index in [2.05, 4.69) is 21.4 Å². The Balaban J connectivity index is 1.85. The lowest BCUT2D eigenvalue weighted by Gasteiger charge is -2.23. The van der Waals surface area contributed by atoms with Gasteiger partial charge in [0.05, 0.1) is 11.1 Å². The standard InChI is InChI=1S/C27H23BrN2O8/c1-15-5-3-7-18(13-15)26(35)37-21(24(32)30-29-23(31)17-9-11-20(28)12-10-17)22(25(33)34)38-27(36)19-8-4-6-16(2)14-19/h3-14,21-22H,1-2H3,(H,29,31)(H,30,32)(H,33,34)/t21-,22+/m0/s1. The number of hydrazine groups is 1. The number of aliphatic carboxylic acids is 1. The zero-order chi connectivity index (χ0) is 27.8. The van der Waals surface area contributed by atoms with Gasteiger partial charge in [0, 0.05) is 10.0 Å². The number of carboxylic acid groups (broad SMARTS) is 1. The molecule has 3 aromatic rings. The second-order valence-electron chi connectivity index (χ2n) is 8.18. The van der Waals surface area contributed by atoms with Crippen LogP contribution in [0.3, 0.4) is 0 Å². The summed E-state index contributed by atoms with van der Waals surface area (Å²) in [5.41, 5.74) is 5.84. The third-order valence-electron chi connectivity index (χ3n) is 5.16. The van der Waals surface area contributed by atoms with Gasteiger partial charge in [-0.25, -0.2) is 14.4 Å². The summed E-state index contributed by atoms with van der Waals surface area (Å²) in [6.45, 7) is 3.45. The van der Waals surface area contributed by atoms with Crippen molar-refractivity contribution in [1.82, 2.24) is 10.9 Å². The summed E-state index contributed by atoms with van der Waals surface area (Å²) in [6.07, 6.45) is -4.39. The molecule has 10 nitrogen and oxygen atoms in total. The summed E-state index contributed by atoms with van der Waals surface area (Å²) < 4.78 is 11.1. The lowest BCUT2D eigenvalue weighted by Crippen LogP contribution is -2.54. The first-order valence-electron chi connectivity index (χ1n) is 11.2. The molecule has 0 radical (unpaired) electrons. The zero-order valence-corrected chi connectivity index (χ0v) is 21.9. The molecular weight excluding hydrogens is 560 g/mol. The Morgan fingerprint density at radius 2 is 1.21 bits per heavy atom. The van der Waals surface area contributed by atoms with Crippen LogP contribution in [0.1, 0.15) is 42.2 Å². The molecule has 0 unspecified atom stereocenters. The number of carbonyl (C=O) groups excluding carboxylic acids is 4. The summed E-state index contributed by atoms with van der Waals surface area (Å²) in [6, 6.07) is 18.5. The minimum absolute atomic E-state index is 0.0314. The van der Waals surface area contributed by atoms with E-state index in [9.17, 15) is 29.1 Å². The Bertz CT molecular complexity index is 1370. The van der Waals surface area contributed by atoms with Gasteiger partial charge in [-0.2, -0.15) is 0 Å². The van der Waals surface area contributed by atoms with Crippen molar-refractivity contribution in [1.29, 1.82) is 0 Å². The largest absolute Gasteiger partial charge is 0.478 e. The smallest absolute Gasteiger partial charge is 0.349 e. The van der Waals surface area contributed by atoms with Crippen LogP contribution in [-0.2, 0) is 19.1 Å². The molecule has 0 aliphatic heterocycles. The molecule has 3 rings (SSSR count). The van der Waals surface area contributed by atoms with Gasteiger partial charge in [-0.15, -0.1) is 0 Å². The highest BCUT2D eigenvalue weighted by Gasteiger charge is 2.41. The molecular formula is C27H23BrN2O8. The number of halogens is 1. The molecule has 0 aliphatic rings. The Morgan fingerprint density at radius 1 is 0.711 bits per heavy atom. The van der Waals surface area contributed by atoms with E-state index in [4.69, 9.17) is 9.47 Å². The van der Waals surface area contributed by atoms with Crippen LogP contribution in [0.15, 0.2) is 77.3 Å². The second-order valence-corrected chi connectivity index (χ2v) is 9.09. The van der Waals surface area contributed by atoms with Crippen molar-refractivity contribution in [2.75, 3.05) is 0 Å². The van der Waals surface area contributed by atoms with Crippen LogP contribution in [0.5, 0.6) is 0 Å². The fourth-order valence-electron chi connectivity index (χ4n) is 3.27. The molecule has 3 aromatic carbocycles. The van der Waals surface area contributed by atoms with Crippen molar-refractivity contribution < 1.29 is 38.6 Å². The number of aryl methyl sites for hydroxylation is 2. The fraction of sp³-hybridized carbons (Fsp3) is 0.148. The molecule has 0 fully saturated rings. The maximum Gasteiger partial charge on any atom is 0.349 e. The van der Waals surface area contributed by atoms with Crippen LogP contribution < -0.4 is 10.9 Å². The van der Waals surface area contributed by atoms with Gasteiger partial charge in [-0.05, 0) is 62.4 Å². The highest BCUT2D eigenvalue weighted by molar-refractivity contribution is 9.10. The predicted octanol–water partition coefficient (Wildman–Crippen LogP) is 3.36. The van der Waals surface area contributed by atoms with Crippen molar-refractivity contribution in [2.45, 2.75) is 26.1 Å². The molecule has 0 aromatic heterocycles. The molecule has 0 spiro atoms. The topological polar surface area (TPSA) is 148 Å².